The van der Waals surface area contributed by atoms with Gasteiger partial charge in [0.25, 0.3) is 5.69 Å². The van der Waals surface area contributed by atoms with E-state index in [-0.39, 0.29) is 21.4 Å². The molecule has 0 amide bonds. The number of nitrogen functional groups attached to an aromatic ring is 1. The summed E-state index contributed by atoms with van der Waals surface area (Å²) >= 11 is 0. The first kappa shape index (κ1) is 29.1. The van der Waals surface area contributed by atoms with Gasteiger partial charge in [0.05, 0.1) is 4.92 Å². The number of nitro benzene ring substituents is 1. The van der Waals surface area contributed by atoms with Crippen LogP contribution in [0.15, 0.2) is 67.0 Å². The molecular formula is C32H43N4O2+. The first-order valence-corrected chi connectivity index (χ1v) is 13.2. The van der Waals surface area contributed by atoms with E-state index in [0.717, 1.165) is 41.9 Å². The van der Waals surface area contributed by atoms with Gasteiger partial charge in [-0.05, 0) is 69.8 Å². The Morgan fingerprint density at radius 2 is 1.47 bits per heavy atom. The van der Waals surface area contributed by atoms with Crippen LogP contribution < -0.4 is 10.3 Å². The van der Waals surface area contributed by atoms with Crippen molar-refractivity contribution in [3.63, 3.8) is 0 Å². The van der Waals surface area contributed by atoms with Crippen LogP contribution in [0.5, 0.6) is 0 Å². The number of hydrogen-bond acceptors (Lipinski definition) is 4. The minimum Gasteiger partial charge on any atom is -0.399 e. The topological polar surface area (TPSA) is 76.3 Å². The number of pyridine rings is 1. The molecule has 2 N–H and O–H groups in total. The first-order chi connectivity index (χ1) is 17.7. The summed E-state index contributed by atoms with van der Waals surface area (Å²) in [5.41, 5.74) is 14.3. The van der Waals surface area contributed by atoms with Gasteiger partial charge in [0, 0.05) is 43.0 Å². The highest BCUT2D eigenvalue weighted by molar-refractivity contribution is 5.73. The fraction of sp³-hybridized carbons (Fsp3) is 0.406. The third kappa shape index (κ3) is 7.29. The van der Waals surface area contributed by atoms with E-state index in [2.05, 4.69) is 71.7 Å². The predicted octanol–water partition coefficient (Wildman–Crippen LogP) is 6.67. The highest BCUT2D eigenvalue weighted by Crippen LogP contribution is 2.36. The fourth-order valence-corrected chi connectivity index (χ4v) is 4.72. The number of aromatic nitrogens is 1. The number of hydrogen-bond donors (Lipinski definition) is 1. The van der Waals surface area contributed by atoms with Gasteiger partial charge < -0.3 is 10.6 Å². The van der Waals surface area contributed by atoms with Crippen molar-refractivity contribution < 1.29 is 9.49 Å². The summed E-state index contributed by atoms with van der Waals surface area (Å²) < 4.78 is 1.94. The predicted molar refractivity (Wildman–Crippen MR) is 158 cm³/mol. The van der Waals surface area contributed by atoms with E-state index in [1.54, 1.807) is 12.1 Å². The van der Waals surface area contributed by atoms with Crippen molar-refractivity contribution in [1.82, 2.24) is 4.90 Å². The van der Waals surface area contributed by atoms with Crippen molar-refractivity contribution >= 4 is 16.9 Å². The standard InChI is InChI=1S/C16H19N2O2.C16H24N2/c1-16(2,3)15-6-5-13(18(19)20)11-14(15)12-7-9-17(4)10-8-12;1-16(2,3)15-6-5-13(17)11-14(15)12-7-9-18(4)10-8-12/h5-11H,1-4H3;5-7,11H,8-10,17H2,1-4H3/q+1;. The lowest BCUT2D eigenvalue weighted by Crippen LogP contribution is -2.25. The average Bonchev–Trinajstić information content (AvgIpc) is 2.83. The van der Waals surface area contributed by atoms with E-state index in [9.17, 15) is 10.1 Å². The fourth-order valence-electron chi connectivity index (χ4n) is 4.72. The molecule has 0 aliphatic carbocycles. The smallest absolute Gasteiger partial charge is 0.270 e. The monoisotopic (exact) mass is 515 g/mol. The Labute approximate surface area is 228 Å². The summed E-state index contributed by atoms with van der Waals surface area (Å²) in [7, 11) is 4.11. The van der Waals surface area contributed by atoms with Gasteiger partial charge in [0.1, 0.15) is 7.05 Å². The summed E-state index contributed by atoms with van der Waals surface area (Å²) in [6.45, 7) is 15.3. The number of benzene rings is 2. The number of rotatable bonds is 3. The Morgan fingerprint density at radius 1 is 0.895 bits per heavy atom. The zero-order valence-electron chi connectivity index (χ0n) is 24.2. The number of non-ortho nitro benzene ring substituents is 1. The summed E-state index contributed by atoms with van der Waals surface area (Å²) in [5, 5.41) is 11.0. The van der Waals surface area contributed by atoms with Gasteiger partial charge in [0.2, 0.25) is 0 Å². The Hall–Kier alpha value is -3.51. The second-order valence-corrected chi connectivity index (χ2v) is 12.3. The second-order valence-electron chi connectivity index (χ2n) is 12.3. The third-order valence-corrected chi connectivity index (χ3v) is 6.92. The lowest BCUT2D eigenvalue weighted by Gasteiger charge is -2.28. The second kappa shape index (κ2) is 11.5. The number of nitrogens with two attached hydrogens (primary N) is 1. The van der Waals surface area contributed by atoms with Gasteiger partial charge in [-0.2, -0.15) is 0 Å². The molecule has 6 nitrogen and oxygen atoms in total. The third-order valence-electron chi connectivity index (χ3n) is 6.92. The van der Waals surface area contributed by atoms with E-state index >= 15 is 0 Å². The summed E-state index contributed by atoms with van der Waals surface area (Å²) in [6, 6.07) is 15.4. The molecule has 0 unspecified atom stereocenters. The maximum atomic E-state index is 11.0. The molecule has 202 valence electrons. The number of anilines is 1. The SMILES string of the molecule is CN1CC=C(c2cc(N)ccc2C(C)(C)C)CC1.C[n+]1ccc(-c2cc([N+](=O)[O-])ccc2C(C)(C)C)cc1. The number of aryl methyl sites for hydroxylation is 1. The highest BCUT2D eigenvalue weighted by Gasteiger charge is 2.22. The number of likely N-dealkylation sites (N-methyl/N-ethyl adjacent to an activating group) is 1. The van der Waals surface area contributed by atoms with Gasteiger partial charge in [-0.15, -0.1) is 0 Å². The zero-order valence-corrected chi connectivity index (χ0v) is 24.2. The molecular weight excluding hydrogens is 472 g/mol. The van der Waals surface area contributed by atoms with E-state index in [1.807, 2.05) is 48.3 Å². The van der Waals surface area contributed by atoms with E-state index < -0.39 is 0 Å². The van der Waals surface area contributed by atoms with Crippen molar-refractivity contribution in [3.05, 3.63) is 93.8 Å². The lowest BCUT2D eigenvalue weighted by atomic mass is 9.80. The van der Waals surface area contributed by atoms with E-state index in [1.165, 1.54) is 16.7 Å². The van der Waals surface area contributed by atoms with Crippen LogP contribution in [0.25, 0.3) is 16.7 Å². The van der Waals surface area contributed by atoms with Crippen LogP contribution >= 0.6 is 0 Å². The first-order valence-electron chi connectivity index (χ1n) is 13.2. The molecule has 4 rings (SSSR count). The van der Waals surface area contributed by atoms with Crippen LogP contribution in [0.2, 0.25) is 0 Å². The lowest BCUT2D eigenvalue weighted by molar-refractivity contribution is -0.671. The largest absolute Gasteiger partial charge is 0.399 e. The van der Waals surface area contributed by atoms with Crippen LogP contribution in [-0.4, -0.2) is 30.0 Å². The minimum absolute atomic E-state index is 0.0670. The van der Waals surface area contributed by atoms with E-state index in [4.69, 9.17) is 5.73 Å². The Morgan fingerprint density at radius 3 is 2.00 bits per heavy atom. The Kier molecular flexibility index (Phi) is 8.78. The van der Waals surface area contributed by atoms with Gasteiger partial charge in [-0.1, -0.05) is 59.8 Å². The van der Waals surface area contributed by atoms with Gasteiger partial charge in [-0.3, -0.25) is 10.1 Å². The molecule has 0 saturated carbocycles. The zero-order chi connectivity index (χ0) is 28.3. The molecule has 1 aromatic heterocycles. The maximum absolute atomic E-state index is 11.0. The number of nitrogens with zero attached hydrogens (tertiary/aromatic N) is 3. The Bertz CT molecular complexity index is 1310. The van der Waals surface area contributed by atoms with Crippen LogP contribution in [-0.2, 0) is 17.9 Å². The molecule has 38 heavy (non-hydrogen) atoms. The quantitative estimate of drug-likeness (QED) is 0.183. The van der Waals surface area contributed by atoms with Crippen LogP contribution in [0, 0.1) is 10.1 Å². The molecule has 1 aliphatic heterocycles. The van der Waals surface area contributed by atoms with Crippen molar-refractivity contribution in [2.45, 2.75) is 58.8 Å². The molecule has 2 heterocycles. The van der Waals surface area contributed by atoms with Crippen LogP contribution in [0.4, 0.5) is 11.4 Å². The molecule has 0 bridgehead atoms. The maximum Gasteiger partial charge on any atom is 0.270 e. The minimum atomic E-state index is -0.348. The molecule has 2 aromatic carbocycles. The molecule has 0 spiro atoms. The van der Waals surface area contributed by atoms with Crippen molar-refractivity contribution in [3.8, 4) is 11.1 Å². The summed E-state index contributed by atoms with van der Waals surface area (Å²) in [6.07, 6.45) is 7.35. The number of nitro groups is 1. The van der Waals surface area contributed by atoms with Crippen molar-refractivity contribution in [2.24, 2.45) is 7.05 Å². The molecule has 0 saturated heterocycles. The van der Waals surface area contributed by atoms with Crippen LogP contribution in [0.3, 0.4) is 0 Å². The molecule has 1 aliphatic rings. The van der Waals surface area contributed by atoms with Crippen molar-refractivity contribution in [1.29, 1.82) is 0 Å². The Balaban J connectivity index is 0.000000212. The van der Waals surface area contributed by atoms with Gasteiger partial charge >= 0.3 is 0 Å². The summed E-state index contributed by atoms with van der Waals surface area (Å²) in [5.74, 6) is 0. The summed E-state index contributed by atoms with van der Waals surface area (Å²) in [4.78, 5) is 13.0. The van der Waals surface area contributed by atoms with Crippen molar-refractivity contribution in [2.75, 3.05) is 25.9 Å². The van der Waals surface area contributed by atoms with Gasteiger partial charge in [0.15, 0.2) is 12.4 Å². The molecule has 6 heteroatoms. The van der Waals surface area contributed by atoms with Gasteiger partial charge in [-0.25, -0.2) is 4.57 Å². The molecule has 0 radical (unpaired) electrons. The average molecular weight is 516 g/mol. The normalized spacial score (nSPS) is 14.4. The molecule has 3 aromatic rings. The van der Waals surface area contributed by atoms with E-state index in [0.29, 0.717) is 0 Å². The molecule has 0 atom stereocenters. The van der Waals surface area contributed by atoms with Crippen LogP contribution in [0.1, 0.15) is 64.7 Å². The highest BCUT2D eigenvalue weighted by atomic mass is 16.6. The molecule has 0 fully saturated rings.